The molecule has 0 atom stereocenters. The molecule has 0 N–H and O–H groups in total. The molecule has 1 amide bonds. The van der Waals surface area contributed by atoms with Crippen LogP contribution in [0.1, 0.15) is 5.56 Å². The summed E-state index contributed by atoms with van der Waals surface area (Å²) in [7, 11) is -2.51. The molecule has 0 saturated heterocycles. The molecule has 5 nitrogen and oxygen atoms in total. The van der Waals surface area contributed by atoms with E-state index < -0.39 is 15.8 Å². The lowest BCUT2D eigenvalue weighted by Gasteiger charge is -2.22. The van der Waals surface area contributed by atoms with Gasteiger partial charge in [0.1, 0.15) is 5.82 Å². The van der Waals surface area contributed by atoms with E-state index in [0.717, 1.165) is 38.6 Å². The first-order valence-corrected chi connectivity index (χ1v) is 9.83. The van der Waals surface area contributed by atoms with Gasteiger partial charge in [0.05, 0.1) is 11.4 Å². The van der Waals surface area contributed by atoms with Crippen molar-refractivity contribution >= 4 is 37.5 Å². The van der Waals surface area contributed by atoms with Crippen LogP contribution in [0.4, 0.5) is 10.1 Å². The van der Waals surface area contributed by atoms with Crippen LogP contribution in [-0.4, -0.2) is 38.8 Å². The number of carbonyl (C=O) groups is 1. The first-order chi connectivity index (χ1) is 11.8. The number of halogens is 2. The number of rotatable bonds is 4. The molecule has 2 aromatic rings. The number of carbonyl (C=O) groups excluding carboxylic acids is 1. The average Bonchev–Trinajstić information content (AvgIpc) is 2.98. The highest BCUT2D eigenvalue weighted by molar-refractivity contribution is 9.10. The van der Waals surface area contributed by atoms with Crippen molar-refractivity contribution in [2.75, 3.05) is 25.0 Å². The van der Waals surface area contributed by atoms with Crippen molar-refractivity contribution in [2.45, 2.75) is 11.3 Å². The Morgan fingerprint density at radius 3 is 2.60 bits per heavy atom. The van der Waals surface area contributed by atoms with Gasteiger partial charge in [0, 0.05) is 23.8 Å². The Bertz CT molecular complexity index is 916. The summed E-state index contributed by atoms with van der Waals surface area (Å²) in [6.07, 6.45) is 0.731. The highest BCUT2D eigenvalue weighted by Gasteiger charge is 2.29. The lowest BCUT2D eigenvalue weighted by Crippen LogP contribution is -2.40. The molecule has 0 fully saturated rings. The number of hydrogen-bond donors (Lipinski definition) is 0. The van der Waals surface area contributed by atoms with Crippen LogP contribution in [-0.2, 0) is 21.2 Å². The van der Waals surface area contributed by atoms with E-state index in [2.05, 4.69) is 15.9 Å². The number of amides is 1. The summed E-state index contributed by atoms with van der Waals surface area (Å²) in [5, 5.41) is 0. The highest BCUT2D eigenvalue weighted by atomic mass is 79.9. The molecular formula is C17H16BrFN2O3S. The second-order valence-electron chi connectivity index (χ2n) is 5.78. The zero-order valence-corrected chi connectivity index (χ0v) is 15.8. The van der Waals surface area contributed by atoms with Crippen molar-refractivity contribution in [3.05, 3.63) is 58.3 Å². The molecule has 25 heavy (non-hydrogen) atoms. The largest absolute Gasteiger partial charge is 0.311 e. The SMILES string of the molecule is CN(CC(=O)N1CCc2cc(Br)ccc21)S(=O)(=O)c1ccc(F)cc1. The molecule has 1 aliphatic rings. The Kier molecular flexibility index (Phi) is 4.95. The first kappa shape index (κ1) is 18.0. The van der Waals surface area contributed by atoms with Gasteiger partial charge in [-0.2, -0.15) is 4.31 Å². The molecule has 1 aliphatic heterocycles. The van der Waals surface area contributed by atoms with Gasteiger partial charge in [0.15, 0.2) is 0 Å². The highest BCUT2D eigenvalue weighted by Crippen LogP contribution is 2.30. The monoisotopic (exact) mass is 426 g/mol. The summed E-state index contributed by atoms with van der Waals surface area (Å²) in [4.78, 5) is 14.1. The van der Waals surface area contributed by atoms with Crippen LogP contribution in [0.2, 0.25) is 0 Å². The van der Waals surface area contributed by atoms with Crippen LogP contribution < -0.4 is 4.90 Å². The van der Waals surface area contributed by atoms with Crippen LogP contribution >= 0.6 is 15.9 Å². The van der Waals surface area contributed by atoms with Crippen LogP contribution in [0.3, 0.4) is 0 Å². The molecule has 2 aromatic carbocycles. The molecule has 0 aromatic heterocycles. The van der Waals surface area contributed by atoms with Gasteiger partial charge in [0.2, 0.25) is 15.9 Å². The topological polar surface area (TPSA) is 57.7 Å². The van der Waals surface area contributed by atoms with Crippen molar-refractivity contribution in [3.8, 4) is 0 Å². The third kappa shape index (κ3) is 3.61. The maximum absolute atomic E-state index is 13.0. The number of anilines is 1. The molecule has 0 saturated carbocycles. The Morgan fingerprint density at radius 2 is 1.92 bits per heavy atom. The van der Waals surface area contributed by atoms with Gasteiger partial charge in [-0.3, -0.25) is 4.79 Å². The minimum Gasteiger partial charge on any atom is -0.311 e. The molecule has 0 spiro atoms. The fourth-order valence-corrected chi connectivity index (χ4v) is 4.31. The zero-order chi connectivity index (χ0) is 18.2. The molecular weight excluding hydrogens is 411 g/mol. The first-order valence-electron chi connectivity index (χ1n) is 7.60. The molecule has 0 unspecified atom stereocenters. The molecule has 3 rings (SSSR count). The van der Waals surface area contributed by atoms with Gasteiger partial charge in [-0.25, -0.2) is 12.8 Å². The van der Waals surface area contributed by atoms with E-state index >= 15 is 0 Å². The third-order valence-electron chi connectivity index (χ3n) is 4.12. The minimum atomic E-state index is -3.85. The second kappa shape index (κ2) is 6.86. The van der Waals surface area contributed by atoms with Crippen molar-refractivity contribution in [1.29, 1.82) is 0 Å². The summed E-state index contributed by atoms with van der Waals surface area (Å²) in [6, 6.07) is 10.2. The van der Waals surface area contributed by atoms with Crippen molar-refractivity contribution in [2.24, 2.45) is 0 Å². The van der Waals surface area contributed by atoms with Gasteiger partial charge in [-0.1, -0.05) is 15.9 Å². The number of nitrogens with zero attached hydrogens (tertiary/aromatic N) is 2. The van der Waals surface area contributed by atoms with Crippen molar-refractivity contribution in [3.63, 3.8) is 0 Å². The second-order valence-corrected chi connectivity index (χ2v) is 8.74. The zero-order valence-electron chi connectivity index (χ0n) is 13.4. The van der Waals surface area contributed by atoms with E-state index in [1.165, 1.54) is 19.2 Å². The fourth-order valence-electron chi connectivity index (χ4n) is 2.78. The summed E-state index contributed by atoms with van der Waals surface area (Å²) < 4.78 is 39.9. The fraction of sp³-hybridized carbons (Fsp3) is 0.235. The maximum Gasteiger partial charge on any atom is 0.243 e. The molecule has 8 heteroatoms. The predicted molar refractivity (Wildman–Crippen MR) is 96.4 cm³/mol. The van der Waals surface area contributed by atoms with Gasteiger partial charge >= 0.3 is 0 Å². The smallest absolute Gasteiger partial charge is 0.243 e. The number of sulfonamides is 1. The van der Waals surface area contributed by atoms with Crippen LogP contribution in [0.15, 0.2) is 51.8 Å². The Hall–Kier alpha value is -1.77. The molecule has 132 valence electrons. The lowest BCUT2D eigenvalue weighted by atomic mass is 10.2. The van der Waals surface area contributed by atoms with E-state index in [4.69, 9.17) is 0 Å². The maximum atomic E-state index is 13.0. The van der Waals surface area contributed by atoms with Crippen LogP contribution in [0.5, 0.6) is 0 Å². The minimum absolute atomic E-state index is 0.0463. The van der Waals surface area contributed by atoms with Crippen LogP contribution in [0, 0.1) is 5.82 Å². The normalized spacial score (nSPS) is 14.0. The Labute approximate surface area is 154 Å². The Morgan fingerprint density at radius 1 is 1.24 bits per heavy atom. The number of hydrogen-bond acceptors (Lipinski definition) is 3. The molecule has 0 bridgehead atoms. The Balaban J connectivity index is 1.76. The van der Waals surface area contributed by atoms with Crippen LogP contribution in [0.25, 0.3) is 0 Å². The van der Waals surface area contributed by atoms with Crippen molar-refractivity contribution < 1.29 is 17.6 Å². The molecule has 1 heterocycles. The van der Waals surface area contributed by atoms with E-state index in [0.29, 0.717) is 6.54 Å². The number of likely N-dealkylation sites (N-methyl/N-ethyl adjacent to an activating group) is 1. The molecule has 0 aliphatic carbocycles. The van der Waals surface area contributed by atoms with Gasteiger partial charge < -0.3 is 4.90 Å². The van der Waals surface area contributed by atoms with Gasteiger partial charge in [-0.15, -0.1) is 0 Å². The lowest BCUT2D eigenvalue weighted by molar-refractivity contribution is -0.118. The summed E-state index contributed by atoms with van der Waals surface area (Å²) in [6.45, 7) is 0.240. The van der Waals surface area contributed by atoms with Gasteiger partial charge in [0.25, 0.3) is 0 Å². The summed E-state index contributed by atoms with van der Waals surface area (Å²) >= 11 is 3.40. The quantitative estimate of drug-likeness (QED) is 0.754. The standard InChI is InChI=1S/C17H16BrFN2O3S/c1-20(25(23,24)15-5-3-14(19)4-6-15)11-17(22)21-9-8-12-10-13(18)2-7-16(12)21/h2-7,10H,8-9,11H2,1H3. The summed E-state index contributed by atoms with van der Waals surface area (Å²) in [5.74, 6) is -0.813. The van der Waals surface area contributed by atoms with E-state index in [1.807, 2.05) is 18.2 Å². The van der Waals surface area contributed by atoms with Crippen molar-refractivity contribution in [1.82, 2.24) is 4.31 Å². The number of fused-ring (bicyclic) bond motifs is 1. The van der Waals surface area contributed by atoms with E-state index in [1.54, 1.807) is 4.90 Å². The van der Waals surface area contributed by atoms with E-state index in [-0.39, 0.29) is 17.3 Å². The number of benzene rings is 2. The van der Waals surface area contributed by atoms with E-state index in [9.17, 15) is 17.6 Å². The molecule has 0 radical (unpaired) electrons. The predicted octanol–water partition coefficient (Wildman–Crippen LogP) is 2.80. The van der Waals surface area contributed by atoms with Gasteiger partial charge in [-0.05, 0) is 54.4 Å². The third-order valence-corrected chi connectivity index (χ3v) is 6.43. The summed E-state index contributed by atoms with van der Waals surface area (Å²) in [5.41, 5.74) is 1.85. The average molecular weight is 427 g/mol.